The third-order valence-electron chi connectivity index (χ3n) is 4.09. The molecule has 0 bridgehead atoms. The Morgan fingerprint density at radius 1 is 1.27 bits per heavy atom. The van der Waals surface area contributed by atoms with E-state index in [-0.39, 0.29) is 12.5 Å². The van der Waals surface area contributed by atoms with Gasteiger partial charge in [0.2, 0.25) is 5.91 Å². The Bertz CT molecular complexity index is 575. The number of β-amino-alcohol motifs (C(OH)–C–C–N with tert-alkyl or cyclic N) is 1. The molecule has 0 spiro atoms. The van der Waals surface area contributed by atoms with Crippen molar-refractivity contribution in [2.45, 2.75) is 18.6 Å². The van der Waals surface area contributed by atoms with Gasteiger partial charge in [-0.25, -0.2) is 0 Å². The van der Waals surface area contributed by atoms with Crippen LogP contribution in [0.25, 0.3) is 0 Å². The van der Waals surface area contributed by atoms with Crippen LogP contribution in [0.2, 0.25) is 0 Å². The summed E-state index contributed by atoms with van der Waals surface area (Å²) in [4.78, 5) is 26.8. The van der Waals surface area contributed by atoms with Crippen LogP contribution in [0.3, 0.4) is 0 Å². The van der Waals surface area contributed by atoms with E-state index < -0.39 is 18.1 Å². The molecule has 2 unspecified atom stereocenters. The summed E-state index contributed by atoms with van der Waals surface area (Å²) in [6.07, 6.45) is -0.211. The average Bonchev–Trinajstić information content (AvgIpc) is 2.90. The molecule has 1 aromatic rings. The number of morpholine rings is 1. The monoisotopic (exact) mass is 305 g/mol. The molecule has 2 fully saturated rings. The van der Waals surface area contributed by atoms with Crippen molar-refractivity contribution in [1.82, 2.24) is 0 Å². The van der Waals surface area contributed by atoms with Crippen molar-refractivity contribution in [1.29, 1.82) is 0 Å². The Morgan fingerprint density at radius 2 is 1.95 bits per heavy atom. The number of primary amides is 1. The molecule has 2 atom stereocenters. The Morgan fingerprint density at radius 3 is 2.59 bits per heavy atom. The fraction of sp³-hybridized carbons (Fsp3) is 0.467. The Hall–Kier alpha value is -2.12. The van der Waals surface area contributed by atoms with Gasteiger partial charge in [0.1, 0.15) is 12.6 Å². The number of hydrogen-bond acceptors (Lipinski definition) is 5. The van der Waals surface area contributed by atoms with Gasteiger partial charge in [-0.15, -0.1) is 0 Å². The highest BCUT2D eigenvalue weighted by Crippen LogP contribution is 2.28. The fourth-order valence-electron chi connectivity index (χ4n) is 2.98. The molecule has 2 amide bonds. The van der Waals surface area contributed by atoms with Gasteiger partial charge in [-0.1, -0.05) is 0 Å². The van der Waals surface area contributed by atoms with E-state index in [1.54, 1.807) is 9.80 Å². The van der Waals surface area contributed by atoms with Crippen LogP contribution in [-0.4, -0.2) is 55.4 Å². The number of nitrogens with two attached hydrogens (primary N) is 1. The second-order valence-corrected chi connectivity index (χ2v) is 5.57. The van der Waals surface area contributed by atoms with Gasteiger partial charge >= 0.3 is 0 Å². The molecule has 0 aromatic heterocycles. The number of nitrogens with zero attached hydrogens (tertiary/aromatic N) is 2. The minimum absolute atomic E-state index is 0.0643. The molecule has 7 heteroatoms. The van der Waals surface area contributed by atoms with Crippen molar-refractivity contribution in [3.8, 4) is 0 Å². The summed E-state index contributed by atoms with van der Waals surface area (Å²) in [6.45, 7) is 1.54. The maximum Gasteiger partial charge on any atom is 0.253 e. The van der Waals surface area contributed by atoms with Crippen LogP contribution in [0, 0.1) is 0 Å². The van der Waals surface area contributed by atoms with Gasteiger partial charge in [0.25, 0.3) is 5.91 Å². The van der Waals surface area contributed by atoms with Gasteiger partial charge in [-0.05, 0) is 24.3 Å². The summed E-state index contributed by atoms with van der Waals surface area (Å²) in [5, 5.41) is 9.76. The highest BCUT2D eigenvalue weighted by atomic mass is 16.5. The van der Waals surface area contributed by atoms with Gasteiger partial charge < -0.3 is 25.4 Å². The lowest BCUT2D eigenvalue weighted by Gasteiger charge is -2.28. The van der Waals surface area contributed by atoms with Gasteiger partial charge in [-0.3, -0.25) is 9.59 Å². The first-order valence-electron chi connectivity index (χ1n) is 7.28. The normalized spacial score (nSPS) is 25.6. The summed E-state index contributed by atoms with van der Waals surface area (Å²) in [5.74, 6) is -0.505. The molecule has 0 radical (unpaired) electrons. The van der Waals surface area contributed by atoms with E-state index in [0.29, 0.717) is 26.1 Å². The minimum atomic E-state index is -0.557. The van der Waals surface area contributed by atoms with Crippen molar-refractivity contribution >= 4 is 23.2 Å². The quantitative estimate of drug-likeness (QED) is 0.783. The topological polar surface area (TPSA) is 96.1 Å². The van der Waals surface area contributed by atoms with Gasteiger partial charge in [-0.2, -0.15) is 0 Å². The minimum Gasteiger partial charge on any atom is -0.391 e. The first kappa shape index (κ1) is 14.8. The third kappa shape index (κ3) is 2.77. The molecule has 0 aliphatic carbocycles. The lowest BCUT2D eigenvalue weighted by Crippen LogP contribution is -2.42. The second kappa shape index (κ2) is 5.94. The predicted octanol–water partition coefficient (Wildman–Crippen LogP) is -0.525. The zero-order valence-electron chi connectivity index (χ0n) is 12.1. The number of hydrogen-bond donors (Lipinski definition) is 2. The molecule has 2 heterocycles. The van der Waals surface area contributed by atoms with E-state index in [9.17, 15) is 14.7 Å². The second-order valence-electron chi connectivity index (χ2n) is 5.57. The molecule has 0 saturated carbocycles. The number of aliphatic hydroxyl groups is 1. The highest BCUT2D eigenvalue weighted by Gasteiger charge is 2.34. The van der Waals surface area contributed by atoms with Crippen molar-refractivity contribution in [2.24, 2.45) is 5.73 Å². The molecule has 118 valence electrons. The number of anilines is 2. The van der Waals surface area contributed by atoms with Crippen LogP contribution in [0.15, 0.2) is 24.3 Å². The molecule has 7 nitrogen and oxygen atoms in total. The average molecular weight is 305 g/mol. The molecule has 3 N–H and O–H groups in total. The van der Waals surface area contributed by atoms with Crippen molar-refractivity contribution in [3.05, 3.63) is 24.3 Å². The van der Waals surface area contributed by atoms with Crippen LogP contribution in [-0.2, 0) is 14.3 Å². The molecule has 22 heavy (non-hydrogen) atoms. The number of rotatable bonds is 3. The molecule has 2 saturated heterocycles. The molecule has 2 aliphatic rings. The Labute approximate surface area is 128 Å². The third-order valence-corrected chi connectivity index (χ3v) is 4.09. The van der Waals surface area contributed by atoms with Crippen LogP contribution in [0.1, 0.15) is 6.42 Å². The van der Waals surface area contributed by atoms with Crippen LogP contribution in [0.4, 0.5) is 11.4 Å². The largest absolute Gasteiger partial charge is 0.391 e. The van der Waals surface area contributed by atoms with E-state index in [1.807, 2.05) is 24.3 Å². The maximum atomic E-state index is 11.8. The first-order valence-corrected chi connectivity index (χ1v) is 7.28. The van der Waals surface area contributed by atoms with Crippen LogP contribution < -0.4 is 15.5 Å². The predicted molar refractivity (Wildman–Crippen MR) is 80.6 cm³/mol. The molecule has 2 aliphatic heterocycles. The number of ether oxygens (including phenoxy) is 1. The van der Waals surface area contributed by atoms with Crippen molar-refractivity contribution in [2.75, 3.05) is 36.1 Å². The number of carbonyl (C=O) groups is 2. The van der Waals surface area contributed by atoms with Gasteiger partial charge in [0.05, 0.1) is 12.7 Å². The summed E-state index contributed by atoms with van der Waals surface area (Å²) in [5.41, 5.74) is 7.00. The van der Waals surface area contributed by atoms with Gasteiger partial charge in [0.15, 0.2) is 0 Å². The Kier molecular flexibility index (Phi) is 4.00. The SMILES string of the molecule is NC(=O)C1CC(O)CN1c1ccc(N2CCOCC2=O)cc1. The Balaban J connectivity index is 1.79. The smallest absolute Gasteiger partial charge is 0.253 e. The number of benzene rings is 1. The standard InChI is InChI=1S/C15H19N3O4/c16-15(21)13-7-12(19)8-18(13)11-3-1-10(2-4-11)17-5-6-22-9-14(17)20/h1-4,12-13,19H,5-9H2,(H2,16,21). The summed E-state index contributed by atoms with van der Waals surface area (Å²) in [6, 6.07) is 6.85. The number of amides is 2. The summed E-state index contributed by atoms with van der Waals surface area (Å²) in [7, 11) is 0. The van der Waals surface area contributed by atoms with E-state index in [0.717, 1.165) is 11.4 Å². The number of carbonyl (C=O) groups excluding carboxylic acids is 2. The molecule has 1 aromatic carbocycles. The van der Waals surface area contributed by atoms with Gasteiger partial charge in [0, 0.05) is 30.9 Å². The zero-order valence-corrected chi connectivity index (χ0v) is 12.1. The van der Waals surface area contributed by atoms with E-state index in [2.05, 4.69) is 0 Å². The van der Waals surface area contributed by atoms with E-state index in [4.69, 9.17) is 10.5 Å². The maximum absolute atomic E-state index is 11.8. The van der Waals surface area contributed by atoms with Crippen LogP contribution in [0.5, 0.6) is 0 Å². The number of aliphatic hydroxyl groups excluding tert-OH is 1. The first-order chi connectivity index (χ1) is 10.6. The van der Waals surface area contributed by atoms with Crippen molar-refractivity contribution in [3.63, 3.8) is 0 Å². The lowest BCUT2D eigenvalue weighted by molar-refractivity contribution is -0.125. The van der Waals surface area contributed by atoms with Crippen molar-refractivity contribution < 1.29 is 19.4 Å². The summed E-state index contributed by atoms with van der Waals surface area (Å²) < 4.78 is 5.11. The molecular weight excluding hydrogens is 286 g/mol. The molecule has 3 rings (SSSR count). The molecular formula is C15H19N3O4. The van der Waals surface area contributed by atoms with E-state index in [1.165, 1.54) is 0 Å². The summed E-state index contributed by atoms with van der Waals surface area (Å²) >= 11 is 0. The zero-order chi connectivity index (χ0) is 15.7. The lowest BCUT2D eigenvalue weighted by atomic mass is 10.1. The van der Waals surface area contributed by atoms with E-state index >= 15 is 0 Å². The van der Waals surface area contributed by atoms with Crippen LogP contribution >= 0.6 is 0 Å². The fourth-order valence-corrected chi connectivity index (χ4v) is 2.98. The highest BCUT2D eigenvalue weighted by molar-refractivity contribution is 5.95.